The first kappa shape index (κ1) is 14.3. The van der Waals surface area contributed by atoms with Gasteiger partial charge in [0.25, 0.3) is 0 Å². The number of imide groups is 1. The quantitative estimate of drug-likeness (QED) is 0.624. The van der Waals surface area contributed by atoms with Gasteiger partial charge in [-0.3, -0.25) is 14.5 Å². The molecule has 0 radical (unpaired) electrons. The zero-order chi connectivity index (χ0) is 14.5. The summed E-state index contributed by atoms with van der Waals surface area (Å²) in [5.41, 5.74) is 7.72. The molecule has 1 fully saturated rings. The molecule has 1 aromatic carbocycles. The van der Waals surface area contributed by atoms with Crippen molar-refractivity contribution in [2.24, 2.45) is 5.73 Å². The predicted molar refractivity (Wildman–Crippen MR) is 78.1 cm³/mol. The molecule has 0 saturated carbocycles. The molecular weight excluding hydrogens is 252 g/mol. The minimum atomic E-state index is -0.114. The molecule has 0 unspecified atom stereocenters. The van der Waals surface area contributed by atoms with Crippen molar-refractivity contribution in [3.05, 3.63) is 29.3 Å². The van der Waals surface area contributed by atoms with Crippen LogP contribution in [0.2, 0.25) is 0 Å². The topological polar surface area (TPSA) is 63.4 Å². The summed E-state index contributed by atoms with van der Waals surface area (Å²) < 4.78 is 0. The number of carbonyl (C=O) groups excluding carboxylic acids is 2. The summed E-state index contributed by atoms with van der Waals surface area (Å²) in [6.07, 6.45) is 2.42. The Kier molecular flexibility index (Phi) is 4.54. The number of aryl methyl sites for hydroxylation is 1. The normalized spacial score (nSPS) is 15.6. The van der Waals surface area contributed by atoms with Gasteiger partial charge >= 0.3 is 0 Å². The van der Waals surface area contributed by atoms with Crippen LogP contribution in [0.1, 0.15) is 36.8 Å². The van der Waals surface area contributed by atoms with Crippen LogP contribution < -0.4 is 10.6 Å². The van der Waals surface area contributed by atoms with Crippen LogP contribution in [0, 0.1) is 18.8 Å². The molecule has 1 aromatic rings. The number of rotatable bonds is 1. The van der Waals surface area contributed by atoms with Gasteiger partial charge in [-0.05, 0) is 43.5 Å². The van der Waals surface area contributed by atoms with E-state index in [1.807, 2.05) is 19.1 Å². The lowest BCUT2D eigenvalue weighted by Crippen LogP contribution is -2.35. The van der Waals surface area contributed by atoms with Crippen LogP contribution in [-0.4, -0.2) is 18.4 Å². The van der Waals surface area contributed by atoms with Crippen molar-refractivity contribution in [2.75, 3.05) is 11.4 Å². The van der Waals surface area contributed by atoms with Crippen molar-refractivity contribution < 1.29 is 9.59 Å². The van der Waals surface area contributed by atoms with E-state index in [0.29, 0.717) is 25.1 Å². The van der Waals surface area contributed by atoms with Gasteiger partial charge in [0.1, 0.15) is 0 Å². The summed E-state index contributed by atoms with van der Waals surface area (Å²) in [4.78, 5) is 25.5. The Morgan fingerprint density at radius 3 is 2.40 bits per heavy atom. The van der Waals surface area contributed by atoms with Gasteiger partial charge in [0.05, 0.1) is 12.2 Å². The second-order valence-electron chi connectivity index (χ2n) is 4.84. The van der Waals surface area contributed by atoms with Crippen LogP contribution in [0.4, 0.5) is 5.69 Å². The molecule has 1 aliphatic rings. The maximum Gasteiger partial charge on any atom is 0.233 e. The van der Waals surface area contributed by atoms with Crippen LogP contribution in [0.5, 0.6) is 0 Å². The third-order valence-corrected chi connectivity index (χ3v) is 3.30. The van der Waals surface area contributed by atoms with Crippen molar-refractivity contribution in [1.82, 2.24) is 0 Å². The molecule has 0 bridgehead atoms. The van der Waals surface area contributed by atoms with Crippen LogP contribution in [0.15, 0.2) is 18.2 Å². The molecule has 0 aromatic heterocycles. The summed E-state index contributed by atoms with van der Waals surface area (Å²) in [5.74, 6) is 5.51. The summed E-state index contributed by atoms with van der Waals surface area (Å²) in [6.45, 7) is 2.19. The molecule has 2 N–H and O–H groups in total. The third kappa shape index (κ3) is 3.06. The SMILES string of the molecule is Cc1cc(C#CCN)ccc1N1C(=O)CCCCC1=O. The molecule has 104 valence electrons. The number of nitrogens with zero attached hydrogens (tertiary/aromatic N) is 1. The highest BCUT2D eigenvalue weighted by Gasteiger charge is 2.26. The van der Waals surface area contributed by atoms with E-state index < -0.39 is 0 Å². The maximum atomic E-state index is 12.1. The average molecular weight is 270 g/mol. The van der Waals surface area contributed by atoms with Crippen LogP contribution >= 0.6 is 0 Å². The van der Waals surface area contributed by atoms with E-state index in [0.717, 1.165) is 24.0 Å². The summed E-state index contributed by atoms with van der Waals surface area (Å²) in [7, 11) is 0. The average Bonchev–Trinajstić information content (AvgIpc) is 2.59. The van der Waals surface area contributed by atoms with Crippen molar-refractivity contribution in [3.63, 3.8) is 0 Å². The summed E-state index contributed by atoms with van der Waals surface area (Å²) >= 11 is 0. The molecule has 0 aliphatic carbocycles. The first-order valence-corrected chi connectivity index (χ1v) is 6.79. The molecule has 4 heteroatoms. The molecule has 1 aliphatic heterocycles. The Morgan fingerprint density at radius 1 is 1.20 bits per heavy atom. The minimum Gasteiger partial charge on any atom is -0.320 e. The lowest BCUT2D eigenvalue weighted by molar-refractivity contribution is -0.125. The number of hydrogen-bond acceptors (Lipinski definition) is 3. The standard InChI is InChI=1S/C16H18N2O2/c1-12-11-13(5-4-10-17)8-9-14(12)18-15(19)6-2-3-7-16(18)20/h8-9,11H,2-3,6-7,10,17H2,1H3. The molecule has 2 rings (SSSR count). The monoisotopic (exact) mass is 270 g/mol. The van der Waals surface area contributed by atoms with Crippen LogP contribution in [-0.2, 0) is 9.59 Å². The zero-order valence-electron chi connectivity index (χ0n) is 11.6. The highest BCUT2D eigenvalue weighted by atomic mass is 16.2. The Hall–Kier alpha value is -2.12. The largest absolute Gasteiger partial charge is 0.320 e. The fourth-order valence-electron chi connectivity index (χ4n) is 2.32. The highest BCUT2D eigenvalue weighted by Crippen LogP contribution is 2.25. The van der Waals surface area contributed by atoms with E-state index in [9.17, 15) is 9.59 Å². The third-order valence-electron chi connectivity index (χ3n) is 3.30. The lowest BCUT2D eigenvalue weighted by Gasteiger charge is -2.21. The maximum absolute atomic E-state index is 12.1. The molecule has 20 heavy (non-hydrogen) atoms. The molecular formula is C16H18N2O2. The predicted octanol–water partition coefficient (Wildman–Crippen LogP) is 1.74. The van der Waals surface area contributed by atoms with Gasteiger partial charge < -0.3 is 5.73 Å². The van der Waals surface area contributed by atoms with Gasteiger partial charge in [0, 0.05) is 18.4 Å². The molecule has 0 atom stereocenters. The fourth-order valence-corrected chi connectivity index (χ4v) is 2.32. The molecule has 2 amide bonds. The van der Waals surface area contributed by atoms with Crippen molar-refractivity contribution in [1.29, 1.82) is 0 Å². The molecule has 0 spiro atoms. The van der Waals surface area contributed by atoms with Gasteiger partial charge in [-0.1, -0.05) is 11.8 Å². The van der Waals surface area contributed by atoms with E-state index >= 15 is 0 Å². The van der Waals surface area contributed by atoms with E-state index in [-0.39, 0.29) is 11.8 Å². The number of hydrogen-bond donors (Lipinski definition) is 1. The minimum absolute atomic E-state index is 0.114. The molecule has 1 heterocycles. The lowest BCUT2D eigenvalue weighted by atomic mass is 10.1. The Bertz CT molecular complexity index is 578. The van der Waals surface area contributed by atoms with Gasteiger partial charge in [-0.2, -0.15) is 0 Å². The van der Waals surface area contributed by atoms with Crippen LogP contribution in [0.3, 0.4) is 0 Å². The van der Waals surface area contributed by atoms with Gasteiger partial charge in [-0.15, -0.1) is 0 Å². The van der Waals surface area contributed by atoms with Crippen LogP contribution in [0.25, 0.3) is 0 Å². The number of nitrogens with two attached hydrogens (primary N) is 1. The summed E-state index contributed by atoms with van der Waals surface area (Å²) in [6, 6.07) is 5.48. The summed E-state index contributed by atoms with van der Waals surface area (Å²) in [5, 5.41) is 0. The number of benzene rings is 1. The second-order valence-corrected chi connectivity index (χ2v) is 4.84. The Labute approximate surface area is 118 Å². The number of amides is 2. The number of carbonyl (C=O) groups is 2. The highest BCUT2D eigenvalue weighted by molar-refractivity contribution is 6.15. The second kappa shape index (κ2) is 6.36. The zero-order valence-corrected chi connectivity index (χ0v) is 11.6. The van der Waals surface area contributed by atoms with E-state index in [1.165, 1.54) is 4.90 Å². The Balaban J connectivity index is 2.36. The van der Waals surface area contributed by atoms with E-state index in [2.05, 4.69) is 11.8 Å². The Morgan fingerprint density at radius 2 is 1.85 bits per heavy atom. The van der Waals surface area contributed by atoms with Gasteiger partial charge in [0.15, 0.2) is 0 Å². The molecule has 4 nitrogen and oxygen atoms in total. The van der Waals surface area contributed by atoms with Crippen molar-refractivity contribution in [2.45, 2.75) is 32.6 Å². The van der Waals surface area contributed by atoms with E-state index in [4.69, 9.17) is 5.73 Å². The van der Waals surface area contributed by atoms with Crippen molar-refractivity contribution >= 4 is 17.5 Å². The molecule has 1 saturated heterocycles. The first-order valence-electron chi connectivity index (χ1n) is 6.79. The smallest absolute Gasteiger partial charge is 0.233 e. The van der Waals surface area contributed by atoms with E-state index in [1.54, 1.807) is 6.07 Å². The fraction of sp³-hybridized carbons (Fsp3) is 0.375. The first-order chi connectivity index (χ1) is 9.63. The van der Waals surface area contributed by atoms with Gasteiger partial charge in [0.2, 0.25) is 11.8 Å². The van der Waals surface area contributed by atoms with Crippen molar-refractivity contribution in [3.8, 4) is 11.8 Å². The van der Waals surface area contributed by atoms with Gasteiger partial charge in [-0.25, -0.2) is 0 Å². The number of anilines is 1.